The predicted octanol–water partition coefficient (Wildman–Crippen LogP) is -2.45. The molecule has 1 saturated heterocycles. The van der Waals surface area contributed by atoms with Crippen LogP contribution in [0.15, 0.2) is 0 Å². The zero-order valence-corrected chi connectivity index (χ0v) is 9.96. The van der Waals surface area contributed by atoms with Gasteiger partial charge >= 0.3 is 6.08 Å². The zero-order valence-electron chi connectivity index (χ0n) is 9.96. The van der Waals surface area contributed by atoms with Crippen LogP contribution in [0.1, 0.15) is 6.23 Å². The molecular weight excluding hydrogens is 275 g/mol. The van der Waals surface area contributed by atoms with E-state index < -0.39 is 37.2 Å². The van der Waals surface area contributed by atoms with Crippen molar-refractivity contribution in [2.45, 2.75) is 24.5 Å². The first-order valence-electron chi connectivity index (χ1n) is 5.69. The summed E-state index contributed by atoms with van der Waals surface area (Å²) in [5.74, 6) is -0.203. The van der Waals surface area contributed by atoms with Crippen LogP contribution in [0.2, 0.25) is 0 Å². The molecule has 3 rings (SSSR count). The number of rotatable bonds is 2. The highest BCUT2D eigenvalue weighted by Gasteiger charge is 2.44. The Morgan fingerprint density at radius 1 is 1.25 bits per heavy atom. The summed E-state index contributed by atoms with van der Waals surface area (Å²) in [5, 5.41) is 36.2. The number of nitrogens with zero attached hydrogens (tertiary/aromatic N) is 5. The van der Waals surface area contributed by atoms with Gasteiger partial charge in [-0.05, 0) is 0 Å². The van der Waals surface area contributed by atoms with Crippen molar-refractivity contribution in [2.75, 3.05) is 12.3 Å². The molecule has 1 unspecified atom stereocenters. The second-order valence-corrected chi connectivity index (χ2v) is 4.30. The molecule has 1 fully saturated rings. The summed E-state index contributed by atoms with van der Waals surface area (Å²) in [4.78, 5) is 7.62. The Kier molecular flexibility index (Phi) is 2.97. The number of nitrogens with two attached hydrogens (primary N) is 1. The first-order valence-corrected chi connectivity index (χ1v) is 5.69. The van der Waals surface area contributed by atoms with Crippen LogP contribution in [0, 0.1) is 6.08 Å². The normalized spacial score (nSPS) is 30.2. The summed E-state index contributed by atoms with van der Waals surface area (Å²) in [6.07, 6.45) is -5.81. The Balaban J connectivity index is 2.01. The van der Waals surface area contributed by atoms with Gasteiger partial charge in [0.25, 0.3) is 0 Å². The Labute approximate surface area is 110 Å². The monoisotopic (exact) mass is 286 g/mol. The van der Waals surface area contributed by atoms with Gasteiger partial charge < -0.3 is 25.8 Å². The highest BCUT2D eigenvalue weighted by atomic mass is 19.1. The smallest absolute Gasteiger partial charge is 0.312 e. The van der Waals surface area contributed by atoms with Crippen LogP contribution < -0.4 is 5.73 Å². The molecule has 1 aliphatic rings. The molecule has 0 amide bonds. The summed E-state index contributed by atoms with van der Waals surface area (Å²) in [6, 6.07) is 0. The summed E-state index contributed by atoms with van der Waals surface area (Å²) in [7, 11) is 0. The molecule has 4 atom stereocenters. The minimum Gasteiger partial charge on any atom is -0.394 e. The van der Waals surface area contributed by atoms with E-state index in [2.05, 4.69) is 20.2 Å². The van der Waals surface area contributed by atoms with Crippen LogP contribution in [0.3, 0.4) is 0 Å². The summed E-state index contributed by atoms with van der Waals surface area (Å²) >= 11 is 0. The van der Waals surface area contributed by atoms with Crippen LogP contribution in [-0.4, -0.2) is 65.2 Å². The lowest BCUT2D eigenvalue weighted by atomic mass is 10.1. The van der Waals surface area contributed by atoms with Gasteiger partial charge in [0.05, 0.1) is 6.61 Å². The molecular formula is C9H11FN6O4. The van der Waals surface area contributed by atoms with E-state index in [1.165, 1.54) is 0 Å². The highest BCUT2D eigenvalue weighted by molar-refractivity contribution is 5.79. The van der Waals surface area contributed by atoms with E-state index in [0.717, 1.165) is 4.80 Å². The van der Waals surface area contributed by atoms with Gasteiger partial charge in [-0.15, -0.1) is 15.0 Å². The number of aliphatic hydroxyl groups excluding tert-OH is 3. The summed E-state index contributed by atoms with van der Waals surface area (Å²) in [5.41, 5.74) is 5.43. The van der Waals surface area contributed by atoms with Gasteiger partial charge in [-0.1, -0.05) is 0 Å². The third-order valence-electron chi connectivity index (χ3n) is 3.01. The van der Waals surface area contributed by atoms with Gasteiger partial charge in [0.1, 0.15) is 18.3 Å². The number of aliphatic hydroxyl groups is 3. The maximum Gasteiger partial charge on any atom is 0.312 e. The molecule has 0 bridgehead atoms. The van der Waals surface area contributed by atoms with E-state index >= 15 is 0 Å². The largest absolute Gasteiger partial charge is 0.394 e. The maximum absolute atomic E-state index is 13.0. The Bertz CT molecular complexity index is 651. The van der Waals surface area contributed by atoms with E-state index in [9.17, 15) is 14.6 Å². The molecule has 5 N–H and O–H groups in total. The van der Waals surface area contributed by atoms with Crippen molar-refractivity contribution < 1.29 is 24.4 Å². The van der Waals surface area contributed by atoms with Crippen molar-refractivity contribution in [1.29, 1.82) is 0 Å². The Hall–Kier alpha value is -1.95. The Morgan fingerprint density at radius 2 is 2.00 bits per heavy atom. The second kappa shape index (κ2) is 4.56. The van der Waals surface area contributed by atoms with Crippen LogP contribution in [0.25, 0.3) is 11.2 Å². The minimum absolute atomic E-state index is 0.0455. The highest BCUT2D eigenvalue weighted by Crippen LogP contribution is 2.29. The molecule has 108 valence electrons. The van der Waals surface area contributed by atoms with Gasteiger partial charge in [-0.2, -0.15) is 14.4 Å². The molecule has 0 spiro atoms. The first-order chi connectivity index (χ1) is 9.51. The molecule has 2 aromatic rings. The Morgan fingerprint density at radius 3 is 2.65 bits per heavy atom. The van der Waals surface area contributed by atoms with Crippen molar-refractivity contribution in [2.24, 2.45) is 0 Å². The van der Waals surface area contributed by atoms with E-state index in [4.69, 9.17) is 15.6 Å². The fourth-order valence-corrected chi connectivity index (χ4v) is 2.00. The van der Waals surface area contributed by atoms with Crippen molar-refractivity contribution in [3.8, 4) is 0 Å². The van der Waals surface area contributed by atoms with E-state index in [1.54, 1.807) is 0 Å². The molecule has 2 aromatic heterocycles. The predicted molar refractivity (Wildman–Crippen MR) is 60.5 cm³/mol. The average molecular weight is 286 g/mol. The number of anilines is 1. The van der Waals surface area contributed by atoms with Crippen molar-refractivity contribution in [1.82, 2.24) is 25.0 Å². The standard InChI is InChI=1S/C9H11FN6O4/c10-9-12-6(11)3-7(13-9)15-16(14-3)8-5(19)4(18)2(1-17)20-8/h2,4-5,8,17-19H,1H2,(H2,11,12,13,15)/t2-,4-,5-,8?/m1/s1. The number of hydrogen-bond donors (Lipinski definition) is 4. The number of ether oxygens (including phenoxy) is 1. The SMILES string of the molecule is Nc1nc(F)nc2nn(C3O[C@H](CO)[C@@H](O)[C@H]3O)nc12. The molecule has 3 heterocycles. The van der Waals surface area contributed by atoms with E-state index in [0.29, 0.717) is 0 Å². The zero-order chi connectivity index (χ0) is 14.4. The fraction of sp³-hybridized carbons (Fsp3) is 0.556. The first kappa shape index (κ1) is 13.1. The molecule has 0 saturated carbocycles. The fourth-order valence-electron chi connectivity index (χ4n) is 2.00. The summed E-state index contributed by atoms with van der Waals surface area (Å²) in [6.45, 7) is -0.480. The topological polar surface area (TPSA) is 152 Å². The maximum atomic E-state index is 13.0. The quantitative estimate of drug-likeness (QED) is 0.441. The molecule has 20 heavy (non-hydrogen) atoms. The van der Waals surface area contributed by atoms with Gasteiger partial charge in [0.15, 0.2) is 17.6 Å². The average Bonchev–Trinajstić information content (AvgIpc) is 2.93. The van der Waals surface area contributed by atoms with E-state index in [1.807, 2.05) is 0 Å². The molecule has 1 aliphatic heterocycles. The molecule has 0 radical (unpaired) electrons. The van der Waals surface area contributed by atoms with Crippen LogP contribution in [0.4, 0.5) is 10.2 Å². The molecule has 0 aliphatic carbocycles. The third kappa shape index (κ3) is 1.87. The van der Waals surface area contributed by atoms with Crippen LogP contribution >= 0.6 is 0 Å². The number of aromatic nitrogens is 5. The molecule has 11 heteroatoms. The molecule has 0 aromatic carbocycles. The number of halogens is 1. The van der Waals surface area contributed by atoms with Crippen LogP contribution in [0.5, 0.6) is 0 Å². The lowest BCUT2D eigenvalue weighted by Gasteiger charge is -2.12. The number of fused-ring (bicyclic) bond motifs is 1. The second-order valence-electron chi connectivity index (χ2n) is 4.30. The van der Waals surface area contributed by atoms with Crippen molar-refractivity contribution >= 4 is 17.0 Å². The van der Waals surface area contributed by atoms with Gasteiger partial charge in [0.2, 0.25) is 5.65 Å². The van der Waals surface area contributed by atoms with Crippen molar-refractivity contribution in [3.05, 3.63) is 6.08 Å². The van der Waals surface area contributed by atoms with E-state index in [-0.39, 0.29) is 17.0 Å². The summed E-state index contributed by atoms with van der Waals surface area (Å²) < 4.78 is 18.2. The minimum atomic E-state index is -1.35. The van der Waals surface area contributed by atoms with Crippen molar-refractivity contribution in [3.63, 3.8) is 0 Å². The van der Waals surface area contributed by atoms with Gasteiger partial charge in [-0.25, -0.2) is 0 Å². The molecule has 10 nitrogen and oxygen atoms in total. The van der Waals surface area contributed by atoms with Gasteiger partial charge in [0, 0.05) is 0 Å². The van der Waals surface area contributed by atoms with Gasteiger partial charge in [-0.3, -0.25) is 0 Å². The lowest BCUT2D eigenvalue weighted by molar-refractivity contribution is -0.0650. The third-order valence-corrected chi connectivity index (χ3v) is 3.01. The lowest BCUT2D eigenvalue weighted by Crippen LogP contribution is -2.33. The number of hydrogen-bond acceptors (Lipinski definition) is 9. The number of nitrogen functional groups attached to an aromatic ring is 1. The van der Waals surface area contributed by atoms with Crippen LogP contribution in [-0.2, 0) is 4.74 Å².